The molecule has 0 bridgehead atoms. The van der Waals surface area contributed by atoms with Gasteiger partial charge in [-0.25, -0.2) is 4.79 Å². The van der Waals surface area contributed by atoms with Crippen molar-refractivity contribution in [3.8, 4) is 11.5 Å². The lowest BCUT2D eigenvalue weighted by Gasteiger charge is -2.18. The van der Waals surface area contributed by atoms with Crippen LogP contribution in [0.2, 0.25) is 0 Å². The molecule has 0 saturated carbocycles. The maximum atomic E-state index is 12.7. The van der Waals surface area contributed by atoms with Crippen molar-refractivity contribution in [2.24, 2.45) is 0 Å². The van der Waals surface area contributed by atoms with Gasteiger partial charge in [-0.3, -0.25) is 4.79 Å². The van der Waals surface area contributed by atoms with Gasteiger partial charge in [0.2, 0.25) is 5.91 Å². The molecule has 1 aliphatic heterocycles. The number of amides is 1. The first kappa shape index (κ1) is 23.6. The van der Waals surface area contributed by atoms with Crippen LogP contribution < -0.4 is 13.8 Å². The molecule has 32 heavy (non-hydrogen) atoms. The van der Waals surface area contributed by atoms with Gasteiger partial charge in [0.05, 0.1) is 20.0 Å². The summed E-state index contributed by atoms with van der Waals surface area (Å²) in [6, 6.07) is 11.6. The third-order valence-electron chi connectivity index (χ3n) is 5.35. The van der Waals surface area contributed by atoms with E-state index in [1.165, 1.54) is 14.2 Å². The molecule has 2 aromatic carbocycles. The highest BCUT2D eigenvalue weighted by Crippen LogP contribution is 2.35. The molecule has 0 aromatic heterocycles. The highest BCUT2D eigenvalue weighted by Gasteiger charge is 2.32. The first-order valence-electron chi connectivity index (χ1n) is 10.4. The fourth-order valence-corrected chi connectivity index (χ4v) is 4.74. The van der Waals surface area contributed by atoms with Crippen molar-refractivity contribution in [2.45, 2.75) is 32.1 Å². The SMILES string of the molecule is CCCCS(=O)(=O)Oc1ccc(N2CC(c3ccc(C(=O)OC)c(OC)c3)CC2=O)cc1. The van der Waals surface area contributed by atoms with Gasteiger partial charge in [-0.05, 0) is 48.4 Å². The average Bonchev–Trinajstić information content (AvgIpc) is 3.18. The number of hydrogen-bond acceptors (Lipinski definition) is 7. The molecule has 0 aliphatic carbocycles. The Labute approximate surface area is 188 Å². The molecule has 9 heteroatoms. The van der Waals surface area contributed by atoms with Crippen LogP contribution in [0.25, 0.3) is 0 Å². The van der Waals surface area contributed by atoms with E-state index in [1.54, 1.807) is 47.4 Å². The van der Waals surface area contributed by atoms with E-state index in [4.69, 9.17) is 13.7 Å². The predicted octanol–water partition coefficient (Wildman–Crippen LogP) is 3.51. The Balaban J connectivity index is 1.73. The van der Waals surface area contributed by atoms with Gasteiger partial charge >= 0.3 is 16.1 Å². The maximum absolute atomic E-state index is 12.7. The van der Waals surface area contributed by atoms with E-state index < -0.39 is 16.1 Å². The zero-order valence-corrected chi connectivity index (χ0v) is 19.2. The molecule has 1 unspecified atom stereocenters. The van der Waals surface area contributed by atoms with Gasteiger partial charge in [-0.15, -0.1) is 0 Å². The molecule has 1 heterocycles. The highest BCUT2D eigenvalue weighted by molar-refractivity contribution is 7.87. The predicted molar refractivity (Wildman–Crippen MR) is 120 cm³/mol. The molecule has 172 valence electrons. The van der Waals surface area contributed by atoms with Crippen LogP contribution in [0, 0.1) is 0 Å². The van der Waals surface area contributed by atoms with E-state index in [9.17, 15) is 18.0 Å². The fourth-order valence-electron chi connectivity index (χ4n) is 3.61. The normalized spacial score (nSPS) is 16.2. The second kappa shape index (κ2) is 10.0. The number of hydrogen-bond donors (Lipinski definition) is 0. The minimum Gasteiger partial charge on any atom is -0.496 e. The van der Waals surface area contributed by atoms with Gasteiger partial charge in [0.25, 0.3) is 0 Å². The van der Waals surface area contributed by atoms with Crippen molar-refractivity contribution in [3.05, 3.63) is 53.6 Å². The van der Waals surface area contributed by atoms with Gasteiger partial charge in [0.1, 0.15) is 17.1 Å². The van der Waals surface area contributed by atoms with Crippen LogP contribution in [0.3, 0.4) is 0 Å². The number of benzene rings is 2. The number of ether oxygens (including phenoxy) is 2. The summed E-state index contributed by atoms with van der Waals surface area (Å²) < 4.78 is 39.1. The molecule has 1 aliphatic rings. The Kier molecular flexibility index (Phi) is 7.40. The standard InChI is InChI=1S/C23H27NO7S/c1-4-5-12-32(27,28)31-19-9-7-18(8-10-19)24-15-17(14-22(24)25)16-6-11-20(23(26)30-3)21(13-16)29-2/h6-11,13,17H,4-5,12,14-15H2,1-3H3. The van der Waals surface area contributed by atoms with Crippen molar-refractivity contribution in [1.82, 2.24) is 0 Å². The summed E-state index contributed by atoms with van der Waals surface area (Å²) >= 11 is 0. The number of nitrogens with zero attached hydrogens (tertiary/aromatic N) is 1. The van der Waals surface area contributed by atoms with E-state index in [1.807, 2.05) is 6.92 Å². The lowest BCUT2D eigenvalue weighted by Crippen LogP contribution is -2.24. The van der Waals surface area contributed by atoms with Crippen LogP contribution in [0.5, 0.6) is 11.5 Å². The van der Waals surface area contributed by atoms with E-state index in [0.29, 0.717) is 36.4 Å². The van der Waals surface area contributed by atoms with Crippen molar-refractivity contribution in [3.63, 3.8) is 0 Å². The Morgan fingerprint density at radius 1 is 1.12 bits per heavy atom. The van der Waals surface area contributed by atoms with Crippen LogP contribution in [0.4, 0.5) is 5.69 Å². The highest BCUT2D eigenvalue weighted by atomic mass is 32.2. The number of rotatable bonds is 9. The first-order chi connectivity index (χ1) is 15.3. The number of esters is 1. The second-order valence-electron chi connectivity index (χ2n) is 7.55. The molecule has 1 saturated heterocycles. The quantitative estimate of drug-likeness (QED) is 0.416. The Bertz CT molecular complexity index is 1080. The molecular formula is C23H27NO7S. The average molecular weight is 462 g/mol. The molecule has 1 amide bonds. The molecule has 0 N–H and O–H groups in total. The molecule has 2 aromatic rings. The van der Waals surface area contributed by atoms with E-state index in [2.05, 4.69) is 0 Å². The van der Waals surface area contributed by atoms with Crippen LogP contribution >= 0.6 is 0 Å². The smallest absolute Gasteiger partial charge is 0.341 e. The first-order valence-corrected chi connectivity index (χ1v) is 11.9. The third-order valence-corrected chi connectivity index (χ3v) is 6.58. The number of carbonyl (C=O) groups is 2. The number of anilines is 1. The summed E-state index contributed by atoms with van der Waals surface area (Å²) in [5, 5.41) is 0. The summed E-state index contributed by atoms with van der Waals surface area (Å²) in [6.45, 7) is 2.36. The summed E-state index contributed by atoms with van der Waals surface area (Å²) in [7, 11) is -0.846. The van der Waals surface area contributed by atoms with Crippen LogP contribution in [-0.2, 0) is 19.6 Å². The Morgan fingerprint density at radius 3 is 2.47 bits per heavy atom. The van der Waals surface area contributed by atoms with Gasteiger partial charge in [0, 0.05) is 24.6 Å². The van der Waals surface area contributed by atoms with Gasteiger partial charge in [-0.1, -0.05) is 19.4 Å². The molecule has 0 radical (unpaired) electrons. The summed E-state index contributed by atoms with van der Waals surface area (Å²) in [5.41, 5.74) is 1.87. The molecule has 0 spiro atoms. The van der Waals surface area contributed by atoms with Crippen molar-refractivity contribution < 1.29 is 31.7 Å². The van der Waals surface area contributed by atoms with Gasteiger partial charge in [-0.2, -0.15) is 8.42 Å². The topological polar surface area (TPSA) is 99.2 Å². The molecule has 8 nitrogen and oxygen atoms in total. The fraction of sp³-hybridized carbons (Fsp3) is 0.391. The Morgan fingerprint density at radius 2 is 1.84 bits per heavy atom. The van der Waals surface area contributed by atoms with E-state index in [0.717, 1.165) is 12.0 Å². The van der Waals surface area contributed by atoms with Crippen molar-refractivity contribution in [2.75, 3.05) is 31.4 Å². The van der Waals surface area contributed by atoms with Crippen LogP contribution in [0.1, 0.15) is 48.0 Å². The third kappa shape index (κ3) is 5.40. The summed E-state index contributed by atoms with van der Waals surface area (Å²) in [6.07, 6.45) is 1.61. The summed E-state index contributed by atoms with van der Waals surface area (Å²) in [4.78, 5) is 26.2. The Hall–Kier alpha value is -3.07. The van der Waals surface area contributed by atoms with Gasteiger partial charge < -0.3 is 18.6 Å². The maximum Gasteiger partial charge on any atom is 0.341 e. The zero-order chi connectivity index (χ0) is 23.3. The van der Waals surface area contributed by atoms with Crippen LogP contribution in [-0.4, -0.2) is 46.8 Å². The minimum atomic E-state index is -3.63. The zero-order valence-electron chi connectivity index (χ0n) is 18.4. The van der Waals surface area contributed by atoms with Crippen LogP contribution in [0.15, 0.2) is 42.5 Å². The number of carbonyl (C=O) groups excluding carboxylic acids is 2. The molecule has 1 fully saturated rings. The lowest BCUT2D eigenvalue weighted by molar-refractivity contribution is -0.117. The largest absolute Gasteiger partial charge is 0.496 e. The second-order valence-corrected chi connectivity index (χ2v) is 9.24. The number of unbranched alkanes of at least 4 members (excludes halogenated alkanes) is 1. The molecule has 3 rings (SSSR count). The molecular weight excluding hydrogens is 434 g/mol. The lowest BCUT2D eigenvalue weighted by atomic mass is 9.96. The molecule has 1 atom stereocenters. The van der Waals surface area contributed by atoms with Crippen molar-refractivity contribution in [1.29, 1.82) is 0 Å². The minimum absolute atomic E-state index is 0.0320. The summed E-state index contributed by atoms with van der Waals surface area (Å²) in [5.74, 6) is -0.0297. The van der Waals surface area contributed by atoms with Crippen molar-refractivity contribution >= 4 is 27.7 Å². The van der Waals surface area contributed by atoms with E-state index in [-0.39, 0.29) is 23.3 Å². The van der Waals surface area contributed by atoms with Gasteiger partial charge in [0.15, 0.2) is 0 Å². The monoisotopic (exact) mass is 461 g/mol. The van der Waals surface area contributed by atoms with E-state index >= 15 is 0 Å². The number of methoxy groups -OCH3 is 2.